The second-order valence-electron chi connectivity index (χ2n) is 3.02. The van der Waals surface area contributed by atoms with Crippen LogP contribution < -0.4 is 0 Å². The van der Waals surface area contributed by atoms with E-state index < -0.39 is 0 Å². The van der Waals surface area contributed by atoms with Gasteiger partial charge in [-0.05, 0) is 6.42 Å². The summed E-state index contributed by atoms with van der Waals surface area (Å²) in [4.78, 5) is 7.85. The first kappa shape index (κ1) is 8.86. The molecule has 0 atom stereocenters. The van der Waals surface area contributed by atoms with Gasteiger partial charge in [0.25, 0.3) is 0 Å². The lowest BCUT2D eigenvalue weighted by atomic mass is 10.3. The third-order valence-corrected chi connectivity index (χ3v) is 2.03. The van der Waals surface area contributed by atoms with E-state index in [4.69, 9.17) is 0 Å². The number of hydrogen-bond acceptors (Lipinski definition) is 4. The maximum atomic E-state index is 4.11. The summed E-state index contributed by atoms with van der Waals surface area (Å²) in [6.45, 7) is 2.13. The van der Waals surface area contributed by atoms with E-state index in [0.717, 1.165) is 12.8 Å². The molecule has 0 aliphatic heterocycles. The van der Waals surface area contributed by atoms with Gasteiger partial charge in [-0.2, -0.15) is 10.2 Å². The fraction of sp³-hybridized carbons (Fsp3) is 0.500. The van der Waals surface area contributed by atoms with E-state index in [1.165, 1.54) is 12.7 Å². The van der Waals surface area contributed by atoms with Crippen LogP contribution in [0.4, 0.5) is 0 Å². The van der Waals surface area contributed by atoms with Crippen LogP contribution in [-0.2, 0) is 0 Å². The third-order valence-electron chi connectivity index (χ3n) is 2.03. The van der Waals surface area contributed by atoms with Crippen LogP contribution in [0.5, 0.6) is 0 Å². The van der Waals surface area contributed by atoms with Crippen molar-refractivity contribution in [3.63, 3.8) is 0 Å². The summed E-state index contributed by atoms with van der Waals surface area (Å²) < 4.78 is 3.58. The second-order valence-corrected chi connectivity index (χ2v) is 3.02. The maximum Gasteiger partial charge on any atom is 0.146 e. The summed E-state index contributed by atoms with van der Waals surface area (Å²) in [5, 5.41) is 8.22. The van der Waals surface area contributed by atoms with Crippen molar-refractivity contribution in [3.8, 4) is 0 Å². The zero-order valence-electron chi connectivity index (χ0n) is 7.98. The van der Waals surface area contributed by atoms with E-state index in [1.807, 2.05) is 0 Å². The molecule has 2 rings (SSSR count). The third kappa shape index (κ3) is 1.63. The van der Waals surface area contributed by atoms with Gasteiger partial charge in [-0.15, -0.1) is 0 Å². The molecule has 0 radical (unpaired) electrons. The van der Waals surface area contributed by atoms with Crippen LogP contribution in [0.15, 0.2) is 25.3 Å². The Bertz CT molecular complexity index is 317. The van der Waals surface area contributed by atoms with Crippen LogP contribution in [0.2, 0.25) is 0 Å². The molecule has 0 saturated carbocycles. The van der Waals surface area contributed by atoms with Gasteiger partial charge in [0.05, 0.1) is 0 Å². The van der Waals surface area contributed by atoms with Crippen molar-refractivity contribution in [1.29, 1.82) is 0 Å². The van der Waals surface area contributed by atoms with Gasteiger partial charge in [0, 0.05) is 0 Å². The Morgan fingerprint density at radius 3 is 2.00 bits per heavy atom. The summed E-state index contributed by atoms with van der Waals surface area (Å²) in [7, 11) is 0. The van der Waals surface area contributed by atoms with Crippen LogP contribution in [0, 0.1) is 0 Å². The highest BCUT2D eigenvalue weighted by Crippen LogP contribution is 2.12. The van der Waals surface area contributed by atoms with Gasteiger partial charge in [-0.1, -0.05) is 13.3 Å². The van der Waals surface area contributed by atoms with Crippen LogP contribution in [0.25, 0.3) is 0 Å². The van der Waals surface area contributed by atoms with Gasteiger partial charge in [0.15, 0.2) is 0 Å². The molecule has 0 fully saturated rings. The Morgan fingerprint density at radius 2 is 1.64 bits per heavy atom. The zero-order chi connectivity index (χ0) is 9.80. The average molecular weight is 192 g/mol. The minimum absolute atomic E-state index is 0.0880. The quantitative estimate of drug-likeness (QED) is 0.716. The minimum Gasteiger partial charge on any atom is -0.228 e. The van der Waals surface area contributed by atoms with Crippen molar-refractivity contribution >= 4 is 0 Å². The Hall–Kier alpha value is -1.72. The van der Waals surface area contributed by atoms with Gasteiger partial charge in [0.1, 0.15) is 31.5 Å². The van der Waals surface area contributed by atoms with Crippen LogP contribution >= 0.6 is 0 Å². The standard InChI is InChI=1S/C8H12N6/c1-2-3-8(13-6-9-4-11-13)14-7-10-5-12-14/h4-8H,2-3H2,1H3. The fourth-order valence-electron chi connectivity index (χ4n) is 1.39. The summed E-state index contributed by atoms with van der Waals surface area (Å²) in [5.41, 5.74) is 0. The normalized spacial score (nSPS) is 11.0. The second kappa shape index (κ2) is 3.99. The molecule has 0 spiro atoms. The first-order valence-corrected chi connectivity index (χ1v) is 4.60. The molecule has 0 aromatic carbocycles. The van der Waals surface area contributed by atoms with Crippen LogP contribution in [0.3, 0.4) is 0 Å². The Morgan fingerprint density at radius 1 is 1.07 bits per heavy atom. The molecule has 0 N–H and O–H groups in total. The van der Waals surface area contributed by atoms with Gasteiger partial charge < -0.3 is 0 Å². The molecule has 0 saturated heterocycles. The van der Waals surface area contributed by atoms with Gasteiger partial charge in [0.2, 0.25) is 0 Å². The minimum atomic E-state index is 0.0880. The van der Waals surface area contributed by atoms with Crippen LogP contribution in [0.1, 0.15) is 25.9 Å². The topological polar surface area (TPSA) is 61.4 Å². The zero-order valence-corrected chi connectivity index (χ0v) is 7.98. The lowest BCUT2D eigenvalue weighted by Crippen LogP contribution is -2.19. The smallest absolute Gasteiger partial charge is 0.146 e. The van der Waals surface area contributed by atoms with Crippen molar-refractivity contribution in [3.05, 3.63) is 25.3 Å². The highest BCUT2D eigenvalue weighted by atomic mass is 15.5. The van der Waals surface area contributed by atoms with E-state index in [2.05, 4.69) is 27.1 Å². The number of nitrogens with zero attached hydrogens (tertiary/aromatic N) is 6. The van der Waals surface area contributed by atoms with Crippen molar-refractivity contribution in [2.45, 2.75) is 25.9 Å². The Labute approximate surface area is 81.6 Å². The molecule has 6 nitrogen and oxygen atoms in total. The molecule has 14 heavy (non-hydrogen) atoms. The summed E-state index contributed by atoms with van der Waals surface area (Å²) in [6.07, 6.45) is 8.56. The summed E-state index contributed by atoms with van der Waals surface area (Å²) >= 11 is 0. The molecule has 2 aromatic heterocycles. The van der Waals surface area contributed by atoms with Crippen molar-refractivity contribution in [2.24, 2.45) is 0 Å². The summed E-state index contributed by atoms with van der Waals surface area (Å²) in [5.74, 6) is 0. The molecular formula is C8H12N6. The van der Waals surface area contributed by atoms with Crippen molar-refractivity contribution < 1.29 is 0 Å². The monoisotopic (exact) mass is 192 g/mol. The lowest BCUT2D eigenvalue weighted by Gasteiger charge is -2.15. The average Bonchev–Trinajstić information content (AvgIpc) is 2.87. The number of aromatic nitrogens is 6. The predicted octanol–water partition coefficient (Wildman–Crippen LogP) is 0.717. The predicted molar refractivity (Wildman–Crippen MR) is 49.4 cm³/mol. The molecule has 74 valence electrons. The van der Waals surface area contributed by atoms with E-state index in [0.29, 0.717) is 0 Å². The van der Waals surface area contributed by atoms with E-state index in [9.17, 15) is 0 Å². The first-order chi connectivity index (χ1) is 6.92. The highest BCUT2D eigenvalue weighted by Gasteiger charge is 2.12. The van der Waals surface area contributed by atoms with Crippen molar-refractivity contribution in [1.82, 2.24) is 29.5 Å². The summed E-state index contributed by atoms with van der Waals surface area (Å²) in [6, 6.07) is 0. The van der Waals surface area contributed by atoms with Gasteiger partial charge >= 0.3 is 0 Å². The Kier molecular flexibility index (Phi) is 2.53. The molecule has 2 heterocycles. The fourth-order valence-corrected chi connectivity index (χ4v) is 1.39. The molecular weight excluding hydrogens is 180 g/mol. The van der Waals surface area contributed by atoms with E-state index in [1.54, 1.807) is 22.0 Å². The molecule has 0 amide bonds. The largest absolute Gasteiger partial charge is 0.228 e. The van der Waals surface area contributed by atoms with Gasteiger partial charge in [-0.25, -0.2) is 19.3 Å². The molecule has 0 aliphatic carbocycles. The molecule has 0 bridgehead atoms. The maximum absolute atomic E-state index is 4.11. The number of hydrogen-bond donors (Lipinski definition) is 0. The first-order valence-electron chi connectivity index (χ1n) is 4.60. The lowest BCUT2D eigenvalue weighted by molar-refractivity contribution is 0.334. The highest BCUT2D eigenvalue weighted by molar-refractivity contribution is 4.71. The van der Waals surface area contributed by atoms with Crippen molar-refractivity contribution in [2.75, 3.05) is 0 Å². The van der Waals surface area contributed by atoms with Gasteiger partial charge in [-0.3, -0.25) is 0 Å². The SMILES string of the molecule is CCCC(n1cncn1)n1cncn1. The van der Waals surface area contributed by atoms with Crippen LogP contribution in [-0.4, -0.2) is 29.5 Å². The Balaban J connectivity index is 2.25. The van der Waals surface area contributed by atoms with E-state index >= 15 is 0 Å². The molecule has 6 heteroatoms. The number of rotatable bonds is 4. The molecule has 0 unspecified atom stereocenters. The molecule has 2 aromatic rings. The molecule has 0 aliphatic rings. The van der Waals surface area contributed by atoms with E-state index in [-0.39, 0.29) is 6.17 Å².